The lowest BCUT2D eigenvalue weighted by Gasteiger charge is -2.05. The maximum atomic E-state index is 12.2. The predicted molar refractivity (Wildman–Crippen MR) is 90.5 cm³/mol. The molecule has 0 unspecified atom stereocenters. The Labute approximate surface area is 135 Å². The van der Waals surface area contributed by atoms with Gasteiger partial charge in [0, 0.05) is 21.2 Å². The molecule has 1 aromatic heterocycles. The van der Waals surface area contributed by atoms with Crippen molar-refractivity contribution in [3.63, 3.8) is 0 Å². The maximum Gasteiger partial charge on any atom is 0.255 e. The molecule has 0 aliphatic carbocycles. The second kappa shape index (κ2) is 5.85. The van der Waals surface area contributed by atoms with Crippen molar-refractivity contribution in [2.24, 2.45) is 0 Å². The van der Waals surface area contributed by atoms with Gasteiger partial charge in [-0.3, -0.25) is 4.79 Å². The Morgan fingerprint density at radius 1 is 1.24 bits per heavy atom. The highest BCUT2D eigenvalue weighted by molar-refractivity contribution is 14.1. The molecule has 5 heteroatoms. The molecule has 1 heterocycles. The average molecular weight is 392 g/mol. The van der Waals surface area contributed by atoms with Crippen molar-refractivity contribution in [3.05, 3.63) is 57.5 Å². The molecular formula is C16H13IN2O2. The van der Waals surface area contributed by atoms with Crippen molar-refractivity contribution >= 4 is 45.3 Å². The molecule has 0 bridgehead atoms. The summed E-state index contributed by atoms with van der Waals surface area (Å²) < 4.78 is 6.65. The summed E-state index contributed by atoms with van der Waals surface area (Å²) in [6.07, 6.45) is 0.749. The third-order valence-corrected chi connectivity index (χ3v) is 3.82. The fourth-order valence-corrected chi connectivity index (χ4v) is 2.37. The van der Waals surface area contributed by atoms with Gasteiger partial charge in [-0.15, -0.1) is 0 Å². The molecule has 0 saturated carbocycles. The van der Waals surface area contributed by atoms with E-state index in [4.69, 9.17) is 4.42 Å². The van der Waals surface area contributed by atoms with E-state index >= 15 is 0 Å². The van der Waals surface area contributed by atoms with Crippen molar-refractivity contribution in [1.82, 2.24) is 4.98 Å². The molecule has 0 saturated heterocycles. The number of rotatable bonds is 3. The number of amides is 1. The smallest absolute Gasteiger partial charge is 0.255 e. The molecule has 0 aliphatic heterocycles. The van der Waals surface area contributed by atoms with E-state index in [1.807, 2.05) is 37.3 Å². The monoisotopic (exact) mass is 392 g/mol. The van der Waals surface area contributed by atoms with Gasteiger partial charge >= 0.3 is 0 Å². The maximum absolute atomic E-state index is 12.2. The van der Waals surface area contributed by atoms with Crippen LogP contribution in [0.2, 0.25) is 0 Å². The zero-order chi connectivity index (χ0) is 14.8. The number of fused-ring (bicyclic) bond motifs is 1. The summed E-state index contributed by atoms with van der Waals surface area (Å²) in [5.74, 6) is 0.566. The Morgan fingerprint density at radius 3 is 2.71 bits per heavy atom. The van der Waals surface area contributed by atoms with Crippen LogP contribution in [0.5, 0.6) is 0 Å². The summed E-state index contributed by atoms with van der Waals surface area (Å²) in [6, 6.07) is 12.9. The van der Waals surface area contributed by atoms with Crippen LogP contribution in [0.15, 0.2) is 46.9 Å². The Hall–Kier alpha value is -1.89. The van der Waals surface area contributed by atoms with Crippen molar-refractivity contribution < 1.29 is 9.21 Å². The molecule has 4 nitrogen and oxygen atoms in total. The van der Waals surface area contributed by atoms with Crippen LogP contribution < -0.4 is 5.32 Å². The fourth-order valence-electron chi connectivity index (χ4n) is 2.01. The lowest BCUT2D eigenvalue weighted by molar-refractivity contribution is 0.102. The van der Waals surface area contributed by atoms with E-state index in [2.05, 4.69) is 32.9 Å². The normalized spacial score (nSPS) is 10.8. The summed E-state index contributed by atoms with van der Waals surface area (Å²) in [4.78, 5) is 16.5. The largest absolute Gasteiger partial charge is 0.441 e. The van der Waals surface area contributed by atoms with Crippen LogP contribution in [0.3, 0.4) is 0 Å². The lowest BCUT2D eigenvalue weighted by atomic mass is 10.2. The molecule has 1 amide bonds. The molecular weight excluding hydrogens is 379 g/mol. The van der Waals surface area contributed by atoms with E-state index in [9.17, 15) is 4.79 Å². The van der Waals surface area contributed by atoms with Crippen LogP contribution in [0, 0.1) is 3.57 Å². The zero-order valence-corrected chi connectivity index (χ0v) is 13.5. The van der Waals surface area contributed by atoms with E-state index in [1.165, 1.54) is 0 Å². The van der Waals surface area contributed by atoms with Crippen molar-refractivity contribution in [3.8, 4) is 0 Å². The minimum atomic E-state index is -0.134. The van der Waals surface area contributed by atoms with Gasteiger partial charge < -0.3 is 9.73 Å². The number of nitrogens with zero attached hydrogens (tertiary/aromatic N) is 1. The lowest BCUT2D eigenvalue weighted by Crippen LogP contribution is -2.11. The molecule has 3 rings (SSSR count). The standard InChI is InChI=1S/C16H13IN2O2/c1-2-15-19-13-9-12(7-8-14(13)21-15)18-16(20)10-3-5-11(17)6-4-10/h3-9H,2H2,1H3,(H,18,20). The molecule has 1 N–H and O–H groups in total. The van der Waals surface area contributed by atoms with Crippen LogP contribution in [0.4, 0.5) is 5.69 Å². The van der Waals surface area contributed by atoms with Crippen molar-refractivity contribution in [2.45, 2.75) is 13.3 Å². The Morgan fingerprint density at radius 2 is 2.00 bits per heavy atom. The molecule has 0 atom stereocenters. The first-order valence-corrected chi connectivity index (χ1v) is 7.70. The number of oxazole rings is 1. The van der Waals surface area contributed by atoms with Crippen LogP contribution in [-0.4, -0.2) is 10.9 Å². The number of anilines is 1. The van der Waals surface area contributed by atoms with Gasteiger partial charge in [-0.2, -0.15) is 0 Å². The van der Waals surface area contributed by atoms with Crippen LogP contribution in [0.1, 0.15) is 23.2 Å². The van der Waals surface area contributed by atoms with Gasteiger partial charge in [0.15, 0.2) is 11.5 Å². The second-order valence-electron chi connectivity index (χ2n) is 4.60. The van der Waals surface area contributed by atoms with E-state index in [0.717, 1.165) is 21.1 Å². The summed E-state index contributed by atoms with van der Waals surface area (Å²) >= 11 is 2.21. The predicted octanol–water partition coefficient (Wildman–Crippen LogP) is 4.25. The van der Waals surface area contributed by atoms with Crippen LogP contribution >= 0.6 is 22.6 Å². The van der Waals surface area contributed by atoms with Crippen molar-refractivity contribution in [2.75, 3.05) is 5.32 Å². The van der Waals surface area contributed by atoms with Gasteiger partial charge in [0.25, 0.3) is 5.91 Å². The number of aromatic nitrogens is 1. The first kappa shape index (κ1) is 14.1. The highest BCUT2D eigenvalue weighted by atomic mass is 127. The number of hydrogen-bond donors (Lipinski definition) is 1. The molecule has 0 spiro atoms. The molecule has 3 aromatic rings. The van der Waals surface area contributed by atoms with Gasteiger partial charge in [-0.05, 0) is 65.1 Å². The number of carbonyl (C=O) groups excluding carboxylic acids is 1. The third-order valence-electron chi connectivity index (χ3n) is 3.10. The van der Waals surface area contributed by atoms with E-state index in [-0.39, 0.29) is 5.91 Å². The van der Waals surface area contributed by atoms with Gasteiger partial charge in [0.2, 0.25) is 0 Å². The van der Waals surface area contributed by atoms with E-state index in [1.54, 1.807) is 12.1 Å². The zero-order valence-electron chi connectivity index (χ0n) is 11.4. The van der Waals surface area contributed by atoms with E-state index < -0.39 is 0 Å². The number of nitrogens with one attached hydrogen (secondary N) is 1. The molecule has 0 fully saturated rings. The summed E-state index contributed by atoms with van der Waals surface area (Å²) in [5.41, 5.74) is 2.83. The highest BCUT2D eigenvalue weighted by Gasteiger charge is 2.08. The highest BCUT2D eigenvalue weighted by Crippen LogP contribution is 2.21. The van der Waals surface area contributed by atoms with Crippen LogP contribution in [-0.2, 0) is 6.42 Å². The minimum absolute atomic E-state index is 0.134. The van der Waals surface area contributed by atoms with Crippen LogP contribution in [0.25, 0.3) is 11.1 Å². The molecule has 2 aromatic carbocycles. The summed E-state index contributed by atoms with van der Waals surface area (Å²) in [7, 11) is 0. The van der Waals surface area contributed by atoms with E-state index in [0.29, 0.717) is 17.1 Å². The number of hydrogen-bond acceptors (Lipinski definition) is 3. The Bertz CT molecular complexity index is 794. The average Bonchev–Trinajstić information content (AvgIpc) is 2.90. The minimum Gasteiger partial charge on any atom is -0.441 e. The second-order valence-corrected chi connectivity index (χ2v) is 5.85. The van der Waals surface area contributed by atoms with Gasteiger partial charge in [0.1, 0.15) is 5.52 Å². The van der Waals surface area contributed by atoms with Crippen molar-refractivity contribution in [1.29, 1.82) is 0 Å². The number of carbonyl (C=O) groups is 1. The summed E-state index contributed by atoms with van der Waals surface area (Å²) in [5, 5.41) is 2.87. The van der Waals surface area contributed by atoms with Gasteiger partial charge in [-0.1, -0.05) is 6.92 Å². The first-order chi connectivity index (χ1) is 10.2. The van der Waals surface area contributed by atoms with Gasteiger partial charge in [0.05, 0.1) is 0 Å². The first-order valence-electron chi connectivity index (χ1n) is 6.62. The summed E-state index contributed by atoms with van der Waals surface area (Å²) in [6.45, 7) is 1.99. The molecule has 21 heavy (non-hydrogen) atoms. The third kappa shape index (κ3) is 3.07. The topological polar surface area (TPSA) is 55.1 Å². The quantitative estimate of drug-likeness (QED) is 0.679. The number of aryl methyl sites for hydroxylation is 1. The Kier molecular flexibility index (Phi) is 3.92. The fraction of sp³-hybridized carbons (Fsp3) is 0.125. The number of benzene rings is 2. The molecule has 0 aliphatic rings. The number of halogens is 1. The molecule has 0 radical (unpaired) electrons. The Balaban J connectivity index is 1.83. The molecule has 106 valence electrons. The van der Waals surface area contributed by atoms with Gasteiger partial charge in [-0.25, -0.2) is 4.98 Å². The SMILES string of the molecule is CCc1nc2cc(NC(=O)c3ccc(I)cc3)ccc2o1.